The molecule has 0 bridgehead atoms. The Bertz CT molecular complexity index is 1590. The molecule has 2 heterocycles. The summed E-state index contributed by atoms with van der Waals surface area (Å²) in [7, 11) is -3.42. The number of rotatable bonds is 8. The van der Waals surface area contributed by atoms with Crippen molar-refractivity contribution in [3.05, 3.63) is 75.3 Å². The van der Waals surface area contributed by atoms with Crippen molar-refractivity contribution in [1.82, 2.24) is 20.1 Å². The quantitative estimate of drug-likeness (QED) is 0.349. The molecule has 1 atom stereocenters. The van der Waals surface area contributed by atoms with Crippen molar-refractivity contribution in [2.45, 2.75) is 38.8 Å². The lowest BCUT2D eigenvalue weighted by molar-refractivity contribution is -0.144. The van der Waals surface area contributed by atoms with E-state index in [9.17, 15) is 44.3 Å². The molecule has 9 nitrogen and oxygen atoms in total. The summed E-state index contributed by atoms with van der Waals surface area (Å²) in [5, 5.41) is 7.91. The largest absolute Gasteiger partial charge is 0.435 e. The zero-order valence-corrected chi connectivity index (χ0v) is 23.1. The molecule has 0 saturated heterocycles. The summed E-state index contributed by atoms with van der Waals surface area (Å²) in [6, 6.07) is 5.62. The molecule has 2 aromatic heterocycles. The number of hydrogen-bond acceptors (Lipinski definition) is 6. The standard InChI is InChI=1S/C24H22ClF6N5O4S/c1-12(11-41(3,39)40)32-22(38)20-15(5-4-6-16(20)25)21(37)34-17-8-7-14(33-13(17)2)10-36-19(24(29,30)31)9-18(35-36)23(26,27)28/h4-9,12H,10-11H2,1-3H3,(H,32,38)(H,34,37). The topological polar surface area (TPSA) is 123 Å². The number of aryl methyl sites for hydroxylation is 1. The van der Waals surface area contributed by atoms with Crippen LogP contribution in [0.25, 0.3) is 0 Å². The summed E-state index contributed by atoms with van der Waals surface area (Å²) in [4.78, 5) is 30.0. The summed E-state index contributed by atoms with van der Waals surface area (Å²) in [5.41, 5.74) is -3.61. The molecule has 0 aliphatic rings. The van der Waals surface area contributed by atoms with Crippen molar-refractivity contribution < 1.29 is 44.3 Å². The number of carbonyl (C=O) groups excluding carboxylic acids is 2. The fourth-order valence-corrected chi connectivity index (χ4v) is 5.07. The monoisotopic (exact) mass is 625 g/mol. The SMILES string of the molecule is Cc1nc(Cn2nc(C(F)(F)F)cc2C(F)(F)F)ccc1NC(=O)c1cccc(Cl)c1C(=O)NC(C)CS(C)(=O)=O. The van der Waals surface area contributed by atoms with E-state index in [1.54, 1.807) is 0 Å². The van der Waals surface area contributed by atoms with Gasteiger partial charge in [0, 0.05) is 18.4 Å². The summed E-state index contributed by atoms with van der Waals surface area (Å²) in [5.74, 6) is -1.98. The molecule has 17 heteroatoms. The highest BCUT2D eigenvalue weighted by atomic mass is 35.5. The molecule has 222 valence electrons. The number of aromatic nitrogens is 3. The maximum atomic E-state index is 13.3. The number of halogens is 7. The van der Waals surface area contributed by atoms with Gasteiger partial charge < -0.3 is 10.6 Å². The first-order valence-corrected chi connectivity index (χ1v) is 14.0. The van der Waals surface area contributed by atoms with Crippen LogP contribution >= 0.6 is 11.6 Å². The van der Waals surface area contributed by atoms with Gasteiger partial charge >= 0.3 is 12.4 Å². The van der Waals surface area contributed by atoms with Crippen molar-refractivity contribution >= 4 is 38.9 Å². The number of nitrogens with zero attached hydrogens (tertiary/aromatic N) is 3. The molecule has 2 amide bonds. The van der Waals surface area contributed by atoms with Crippen LogP contribution in [-0.4, -0.2) is 53.0 Å². The van der Waals surface area contributed by atoms with Crippen LogP contribution in [0, 0.1) is 6.92 Å². The second-order valence-electron chi connectivity index (χ2n) is 9.09. The van der Waals surface area contributed by atoms with E-state index in [4.69, 9.17) is 11.6 Å². The van der Waals surface area contributed by atoms with E-state index in [1.165, 1.54) is 44.2 Å². The normalized spacial score (nSPS) is 13.1. The molecular formula is C24H22ClF6N5O4S. The van der Waals surface area contributed by atoms with Crippen molar-refractivity contribution in [1.29, 1.82) is 0 Å². The Hall–Kier alpha value is -3.66. The number of alkyl halides is 6. The van der Waals surface area contributed by atoms with Gasteiger partial charge in [0.05, 0.1) is 45.5 Å². The molecule has 41 heavy (non-hydrogen) atoms. The highest BCUT2D eigenvalue weighted by Gasteiger charge is 2.42. The summed E-state index contributed by atoms with van der Waals surface area (Å²) in [6.07, 6.45) is -9.21. The van der Waals surface area contributed by atoms with Gasteiger partial charge in [0.2, 0.25) is 0 Å². The number of anilines is 1. The molecule has 2 N–H and O–H groups in total. The van der Waals surface area contributed by atoms with E-state index in [1.807, 2.05) is 0 Å². The van der Waals surface area contributed by atoms with Gasteiger partial charge in [-0.25, -0.2) is 8.42 Å². The molecule has 0 aliphatic carbocycles. The Morgan fingerprint density at radius 1 is 1.05 bits per heavy atom. The maximum Gasteiger partial charge on any atom is 0.435 e. The summed E-state index contributed by atoms with van der Waals surface area (Å²) in [6.45, 7) is 2.10. The molecule has 0 aliphatic heterocycles. The highest BCUT2D eigenvalue weighted by Crippen LogP contribution is 2.35. The predicted molar refractivity (Wildman–Crippen MR) is 136 cm³/mol. The smallest absolute Gasteiger partial charge is 0.348 e. The second-order valence-corrected chi connectivity index (χ2v) is 11.7. The zero-order valence-electron chi connectivity index (χ0n) is 21.5. The number of nitrogens with one attached hydrogen (secondary N) is 2. The number of sulfone groups is 1. The lowest BCUT2D eigenvalue weighted by atomic mass is 10.1. The summed E-state index contributed by atoms with van der Waals surface area (Å²) < 4.78 is 102. The Kier molecular flexibility index (Phi) is 9.08. The van der Waals surface area contributed by atoms with Gasteiger partial charge in [0.15, 0.2) is 5.69 Å². The molecule has 1 unspecified atom stereocenters. The average molecular weight is 626 g/mol. The number of carbonyl (C=O) groups is 2. The third-order valence-corrected chi connectivity index (χ3v) is 6.90. The van der Waals surface area contributed by atoms with Crippen LogP contribution in [0.4, 0.5) is 32.0 Å². The van der Waals surface area contributed by atoms with E-state index in [2.05, 4.69) is 20.7 Å². The molecule has 1 aromatic carbocycles. The van der Waals surface area contributed by atoms with Crippen LogP contribution in [0.5, 0.6) is 0 Å². The van der Waals surface area contributed by atoms with E-state index in [-0.39, 0.29) is 49.7 Å². The zero-order chi connectivity index (χ0) is 30.9. The van der Waals surface area contributed by atoms with E-state index < -0.39 is 58.0 Å². The van der Waals surface area contributed by atoms with Crippen LogP contribution in [0.3, 0.4) is 0 Å². The maximum absolute atomic E-state index is 13.3. The average Bonchev–Trinajstić information content (AvgIpc) is 3.24. The molecular weight excluding hydrogens is 604 g/mol. The minimum Gasteiger partial charge on any atom is -0.348 e. The first-order valence-electron chi connectivity index (χ1n) is 11.5. The number of benzene rings is 1. The summed E-state index contributed by atoms with van der Waals surface area (Å²) >= 11 is 6.16. The van der Waals surface area contributed by atoms with Crippen LogP contribution in [0.2, 0.25) is 5.02 Å². The fraction of sp³-hybridized carbons (Fsp3) is 0.333. The first-order chi connectivity index (χ1) is 18.8. The second kappa shape index (κ2) is 11.7. The predicted octanol–water partition coefficient (Wildman–Crippen LogP) is 4.74. The van der Waals surface area contributed by atoms with E-state index in [0.717, 1.165) is 6.26 Å². The van der Waals surface area contributed by atoms with E-state index >= 15 is 0 Å². The first kappa shape index (κ1) is 31.9. The fourth-order valence-electron chi connectivity index (χ4n) is 3.82. The van der Waals surface area contributed by atoms with Crippen LogP contribution < -0.4 is 10.6 Å². The third-order valence-electron chi connectivity index (χ3n) is 5.48. The molecule has 3 rings (SSSR count). The minimum atomic E-state index is -5.11. The van der Waals surface area contributed by atoms with Crippen molar-refractivity contribution in [2.24, 2.45) is 0 Å². The van der Waals surface area contributed by atoms with E-state index in [0.29, 0.717) is 0 Å². The van der Waals surface area contributed by atoms with Crippen molar-refractivity contribution in [2.75, 3.05) is 17.3 Å². The Morgan fingerprint density at radius 2 is 1.71 bits per heavy atom. The van der Waals surface area contributed by atoms with Crippen molar-refractivity contribution in [3.8, 4) is 0 Å². The number of amides is 2. The van der Waals surface area contributed by atoms with Gasteiger partial charge in [-0.1, -0.05) is 17.7 Å². The lowest BCUT2D eigenvalue weighted by Crippen LogP contribution is -2.38. The number of pyridine rings is 1. The third kappa shape index (κ3) is 8.19. The van der Waals surface area contributed by atoms with Gasteiger partial charge in [0.25, 0.3) is 11.8 Å². The molecule has 3 aromatic rings. The van der Waals surface area contributed by atoms with Gasteiger partial charge in [-0.05, 0) is 38.1 Å². The Labute approximate surface area is 234 Å². The molecule has 0 saturated carbocycles. The van der Waals surface area contributed by atoms with Crippen LogP contribution in [0.1, 0.15) is 50.4 Å². The molecule has 0 radical (unpaired) electrons. The van der Waals surface area contributed by atoms with Gasteiger partial charge in [0.1, 0.15) is 15.5 Å². The van der Waals surface area contributed by atoms with Gasteiger partial charge in [-0.15, -0.1) is 0 Å². The molecule has 0 spiro atoms. The Balaban J connectivity index is 1.84. The highest BCUT2D eigenvalue weighted by molar-refractivity contribution is 7.90. The Morgan fingerprint density at radius 3 is 2.27 bits per heavy atom. The van der Waals surface area contributed by atoms with Crippen LogP contribution in [0.15, 0.2) is 36.4 Å². The lowest BCUT2D eigenvalue weighted by Gasteiger charge is -2.16. The minimum absolute atomic E-state index is 0.0782. The van der Waals surface area contributed by atoms with Gasteiger partial charge in [-0.2, -0.15) is 31.4 Å². The molecule has 0 fully saturated rings. The van der Waals surface area contributed by atoms with Gasteiger partial charge in [-0.3, -0.25) is 19.3 Å². The number of hydrogen-bond donors (Lipinski definition) is 2. The van der Waals surface area contributed by atoms with Crippen LogP contribution in [-0.2, 0) is 28.7 Å². The van der Waals surface area contributed by atoms with Crippen molar-refractivity contribution in [3.63, 3.8) is 0 Å².